The summed E-state index contributed by atoms with van der Waals surface area (Å²) in [7, 11) is 0.803. The molecular weight excluding hydrogens is 380 g/mol. The van der Waals surface area contributed by atoms with E-state index in [0.717, 1.165) is 11.3 Å². The normalized spacial score (nSPS) is 12.8. The van der Waals surface area contributed by atoms with Gasteiger partial charge >= 0.3 is 0 Å². The number of ether oxygens (including phenoxy) is 2. The van der Waals surface area contributed by atoms with Crippen molar-refractivity contribution in [2.24, 2.45) is 0 Å². The molecule has 0 saturated heterocycles. The highest BCUT2D eigenvalue weighted by molar-refractivity contribution is 7.89. The second kappa shape index (κ2) is 7.99. The molecule has 0 spiro atoms. The van der Waals surface area contributed by atoms with E-state index in [2.05, 4.69) is 10.1 Å². The first-order valence-corrected chi connectivity index (χ1v) is 9.97. The zero-order valence-electron chi connectivity index (χ0n) is 16.1. The third-order valence-corrected chi connectivity index (χ3v) is 6.56. The molecule has 0 N–H and O–H groups in total. The van der Waals surface area contributed by atoms with Gasteiger partial charge in [0.15, 0.2) is 11.5 Å². The van der Waals surface area contributed by atoms with Crippen LogP contribution in [0.3, 0.4) is 0 Å². The van der Waals surface area contributed by atoms with Crippen LogP contribution >= 0.6 is 0 Å². The fourth-order valence-corrected chi connectivity index (χ4v) is 4.18. The Kier molecular flexibility index (Phi) is 5.66. The molecule has 3 aromatic rings. The molecule has 28 heavy (non-hydrogen) atoms. The lowest BCUT2D eigenvalue weighted by atomic mass is 10.1. The number of nitrogens with zero attached hydrogens (tertiary/aromatic N) is 4. The fraction of sp³-hybridized carbons (Fsp3) is 0.263. The number of hydrogen-bond donors (Lipinski definition) is 0. The van der Waals surface area contributed by atoms with E-state index in [9.17, 15) is 8.42 Å². The van der Waals surface area contributed by atoms with Crippen LogP contribution in [-0.4, -0.2) is 48.8 Å². The van der Waals surface area contributed by atoms with Crippen molar-refractivity contribution in [2.75, 3.05) is 21.3 Å². The Labute approximate surface area is 164 Å². The monoisotopic (exact) mass is 402 g/mol. The smallest absolute Gasteiger partial charge is 0.243 e. The van der Waals surface area contributed by atoms with Gasteiger partial charge in [-0.15, -0.1) is 0 Å². The van der Waals surface area contributed by atoms with E-state index >= 15 is 0 Å². The van der Waals surface area contributed by atoms with Gasteiger partial charge in [-0.25, -0.2) is 18.1 Å². The third-order valence-electron chi connectivity index (χ3n) is 4.64. The Bertz CT molecular complexity index is 1030. The van der Waals surface area contributed by atoms with Crippen molar-refractivity contribution in [1.82, 2.24) is 19.1 Å². The van der Waals surface area contributed by atoms with E-state index in [1.807, 2.05) is 31.2 Å². The highest BCUT2D eigenvalue weighted by atomic mass is 32.2. The molecule has 9 heteroatoms. The summed E-state index contributed by atoms with van der Waals surface area (Å²) in [5.41, 5.74) is 1.70. The second-order valence-electron chi connectivity index (χ2n) is 6.15. The van der Waals surface area contributed by atoms with Gasteiger partial charge in [-0.2, -0.15) is 9.40 Å². The molecule has 8 nitrogen and oxygen atoms in total. The summed E-state index contributed by atoms with van der Waals surface area (Å²) in [5, 5.41) is 4.08. The average Bonchev–Trinajstić information content (AvgIpc) is 3.27. The van der Waals surface area contributed by atoms with Gasteiger partial charge in [0.05, 0.1) is 24.8 Å². The molecule has 1 atom stereocenters. The molecule has 0 aliphatic heterocycles. The zero-order valence-corrected chi connectivity index (χ0v) is 16.9. The van der Waals surface area contributed by atoms with E-state index < -0.39 is 10.0 Å². The minimum atomic E-state index is -3.73. The minimum Gasteiger partial charge on any atom is -0.493 e. The lowest BCUT2D eigenvalue weighted by molar-refractivity contribution is 0.353. The molecule has 0 aliphatic carbocycles. The van der Waals surface area contributed by atoms with Crippen LogP contribution in [0.5, 0.6) is 11.5 Å². The van der Waals surface area contributed by atoms with Crippen molar-refractivity contribution >= 4 is 10.0 Å². The average molecular weight is 402 g/mol. The molecular formula is C19H22N4O4S. The number of benzene rings is 2. The highest BCUT2D eigenvalue weighted by Gasteiger charge is 2.27. The Hall–Kier alpha value is -2.91. The summed E-state index contributed by atoms with van der Waals surface area (Å²) in [6.07, 6.45) is 3.06. The Morgan fingerprint density at radius 1 is 1.04 bits per heavy atom. The van der Waals surface area contributed by atoms with Gasteiger partial charge in [-0.3, -0.25) is 0 Å². The van der Waals surface area contributed by atoms with Gasteiger partial charge in [-0.05, 0) is 36.8 Å². The maximum Gasteiger partial charge on any atom is 0.243 e. The molecule has 0 saturated carbocycles. The lowest BCUT2D eigenvalue weighted by Crippen LogP contribution is -2.29. The third kappa shape index (κ3) is 3.71. The predicted molar refractivity (Wildman–Crippen MR) is 104 cm³/mol. The summed E-state index contributed by atoms with van der Waals surface area (Å²) >= 11 is 0. The molecule has 148 valence electrons. The van der Waals surface area contributed by atoms with Gasteiger partial charge in [0, 0.05) is 19.2 Å². The van der Waals surface area contributed by atoms with Gasteiger partial charge < -0.3 is 9.47 Å². The van der Waals surface area contributed by atoms with Gasteiger partial charge in [0.2, 0.25) is 10.0 Å². The molecule has 3 rings (SSSR count). The summed E-state index contributed by atoms with van der Waals surface area (Å²) in [4.78, 5) is 4.06. The molecule has 0 aliphatic rings. The first-order chi connectivity index (χ1) is 13.4. The SMILES string of the molecule is COc1ccc(S(=O)(=O)N(C)C(C)c2ccc(-n3cncn3)cc2)cc1OC. The van der Waals surface area contributed by atoms with Crippen LogP contribution in [0.2, 0.25) is 0 Å². The summed E-state index contributed by atoms with van der Waals surface area (Å²) in [5.74, 6) is 0.836. The second-order valence-corrected chi connectivity index (χ2v) is 8.14. The number of sulfonamides is 1. The minimum absolute atomic E-state index is 0.138. The van der Waals surface area contributed by atoms with Crippen LogP contribution < -0.4 is 9.47 Å². The number of rotatable bonds is 7. The maximum absolute atomic E-state index is 13.1. The first-order valence-electron chi connectivity index (χ1n) is 8.53. The Morgan fingerprint density at radius 2 is 1.71 bits per heavy atom. The summed E-state index contributed by atoms with van der Waals surface area (Å²) in [6.45, 7) is 1.84. The van der Waals surface area contributed by atoms with E-state index in [1.165, 1.54) is 37.0 Å². The van der Waals surface area contributed by atoms with Crippen molar-refractivity contribution in [3.05, 3.63) is 60.7 Å². The number of aromatic nitrogens is 3. The molecule has 0 radical (unpaired) electrons. The molecule has 2 aromatic carbocycles. The van der Waals surface area contributed by atoms with Crippen molar-refractivity contribution in [2.45, 2.75) is 17.9 Å². The van der Waals surface area contributed by atoms with Crippen LogP contribution in [0.15, 0.2) is 60.0 Å². The zero-order chi connectivity index (χ0) is 20.3. The van der Waals surface area contributed by atoms with E-state index in [4.69, 9.17) is 9.47 Å². The maximum atomic E-state index is 13.1. The van der Waals surface area contributed by atoms with Gasteiger partial charge in [0.1, 0.15) is 12.7 Å². The van der Waals surface area contributed by atoms with Gasteiger partial charge in [0.25, 0.3) is 0 Å². The van der Waals surface area contributed by atoms with Crippen molar-refractivity contribution < 1.29 is 17.9 Å². The highest BCUT2D eigenvalue weighted by Crippen LogP contribution is 2.32. The predicted octanol–water partition coefficient (Wildman–Crippen LogP) is 2.67. The van der Waals surface area contributed by atoms with Crippen LogP contribution in [0.25, 0.3) is 5.69 Å². The van der Waals surface area contributed by atoms with E-state index in [0.29, 0.717) is 11.5 Å². The fourth-order valence-electron chi connectivity index (χ4n) is 2.81. The Morgan fingerprint density at radius 3 is 2.29 bits per heavy atom. The van der Waals surface area contributed by atoms with E-state index in [1.54, 1.807) is 24.1 Å². The molecule has 0 amide bonds. The Balaban J connectivity index is 1.86. The van der Waals surface area contributed by atoms with Gasteiger partial charge in [-0.1, -0.05) is 12.1 Å². The number of methoxy groups -OCH3 is 2. The van der Waals surface area contributed by atoms with Crippen molar-refractivity contribution in [3.8, 4) is 17.2 Å². The first kappa shape index (κ1) is 19.8. The lowest BCUT2D eigenvalue weighted by Gasteiger charge is -2.25. The number of hydrogen-bond acceptors (Lipinski definition) is 6. The van der Waals surface area contributed by atoms with Crippen LogP contribution in [0, 0.1) is 0 Å². The van der Waals surface area contributed by atoms with Crippen molar-refractivity contribution in [3.63, 3.8) is 0 Å². The van der Waals surface area contributed by atoms with Crippen LogP contribution in [-0.2, 0) is 10.0 Å². The quantitative estimate of drug-likeness (QED) is 0.604. The topological polar surface area (TPSA) is 86.6 Å². The molecule has 1 heterocycles. The largest absolute Gasteiger partial charge is 0.493 e. The van der Waals surface area contributed by atoms with E-state index in [-0.39, 0.29) is 10.9 Å². The molecule has 1 aromatic heterocycles. The summed E-state index contributed by atoms with van der Waals surface area (Å²) < 4.78 is 39.5. The molecule has 0 fully saturated rings. The molecule has 0 bridgehead atoms. The standard InChI is InChI=1S/C19H22N4O4S/c1-14(15-5-7-16(8-6-15)23-13-20-12-21-23)22(2)28(24,25)17-9-10-18(26-3)19(11-17)27-4/h5-14H,1-4H3. The van der Waals surface area contributed by atoms with Crippen molar-refractivity contribution in [1.29, 1.82) is 0 Å². The molecule has 1 unspecified atom stereocenters. The van der Waals surface area contributed by atoms with Crippen LogP contribution in [0.1, 0.15) is 18.5 Å². The summed E-state index contributed by atoms with van der Waals surface area (Å²) in [6, 6.07) is 11.7. The van der Waals surface area contributed by atoms with Crippen LogP contribution in [0.4, 0.5) is 0 Å².